The summed E-state index contributed by atoms with van der Waals surface area (Å²) >= 11 is 0. The first-order valence-corrected chi connectivity index (χ1v) is 8.80. The molecule has 0 aliphatic heterocycles. The molecule has 2 unspecified atom stereocenters. The Balaban J connectivity index is 1.98. The molecule has 2 heterocycles. The number of aromatic nitrogens is 1. The zero-order chi connectivity index (χ0) is 19.7. The predicted molar refractivity (Wildman–Crippen MR) is 101 cm³/mol. The summed E-state index contributed by atoms with van der Waals surface area (Å²) in [4.78, 5) is 15.7. The van der Waals surface area contributed by atoms with E-state index in [1.54, 1.807) is 26.0 Å². The SMILES string of the molecule is Cc1ccc(COc2ccc3c(C(C)C(=O)O)coc3c2C(C)O)c(C)n1. The molecular formula is C21H23NO5. The van der Waals surface area contributed by atoms with Crippen LogP contribution in [0.4, 0.5) is 0 Å². The number of pyridine rings is 1. The molecule has 0 amide bonds. The van der Waals surface area contributed by atoms with Crippen LogP contribution in [0.5, 0.6) is 5.75 Å². The summed E-state index contributed by atoms with van der Waals surface area (Å²) in [5, 5.41) is 20.2. The van der Waals surface area contributed by atoms with Crippen LogP contribution < -0.4 is 4.74 Å². The van der Waals surface area contributed by atoms with Gasteiger partial charge in [-0.15, -0.1) is 0 Å². The van der Waals surface area contributed by atoms with E-state index in [4.69, 9.17) is 9.15 Å². The molecule has 6 heteroatoms. The molecule has 0 radical (unpaired) electrons. The maximum atomic E-state index is 11.3. The van der Waals surface area contributed by atoms with E-state index in [9.17, 15) is 15.0 Å². The number of aryl methyl sites for hydroxylation is 2. The number of carbonyl (C=O) groups is 1. The van der Waals surface area contributed by atoms with Gasteiger partial charge in [0.15, 0.2) is 0 Å². The van der Waals surface area contributed by atoms with Gasteiger partial charge >= 0.3 is 5.97 Å². The number of ether oxygens (including phenoxy) is 1. The van der Waals surface area contributed by atoms with Crippen molar-refractivity contribution >= 4 is 16.9 Å². The van der Waals surface area contributed by atoms with Gasteiger partial charge < -0.3 is 19.4 Å². The third-order valence-electron chi connectivity index (χ3n) is 4.74. The number of rotatable bonds is 6. The lowest BCUT2D eigenvalue weighted by atomic mass is 9.98. The molecule has 27 heavy (non-hydrogen) atoms. The van der Waals surface area contributed by atoms with Crippen molar-refractivity contribution in [1.82, 2.24) is 4.98 Å². The van der Waals surface area contributed by atoms with E-state index in [2.05, 4.69) is 4.98 Å². The van der Waals surface area contributed by atoms with Crippen LogP contribution in [-0.4, -0.2) is 21.2 Å². The largest absolute Gasteiger partial charge is 0.488 e. The first-order valence-electron chi connectivity index (χ1n) is 8.80. The zero-order valence-electron chi connectivity index (χ0n) is 15.8. The average molecular weight is 369 g/mol. The smallest absolute Gasteiger partial charge is 0.310 e. The fourth-order valence-electron chi connectivity index (χ4n) is 3.13. The molecule has 3 rings (SSSR count). The monoisotopic (exact) mass is 369 g/mol. The van der Waals surface area contributed by atoms with Crippen LogP contribution in [-0.2, 0) is 11.4 Å². The summed E-state index contributed by atoms with van der Waals surface area (Å²) in [5.41, 5.74) is 4.32. The number of nitrogens with zero attached hydrogens (tertiary/aromatic N) is 1. The van der Waals surface area contributed by atoms with E-state index in [1.165, 1.54) is 6.26 Å². The van der Waals surface area contributed by atoms with Crippen LogP contribution in [0.3, 0.4) is 0 Å². The standard InChI is InChI=1S/C21H23NO5/c1-11-5-6-15(13(3)22-11)9-26-18-8-7-16-17(12(2)21(24)25)10-27-20(16)19(18)14(4)23/h5-8,10,12,14,23H,9H2,1-4H3,(H,24,25). The quantitative estimate of drug-likeness (QED) is 0.674. The summed E-state index contributed by atoms with van der Waals surface area (Å²) in [6.07, 6.45) is 0.604. The van der Waals surface area contributed by atoms with Gasteiger partial charge in [-0.3, -0.25) is 9.78 Å². The van der Waals surface area contributed by atoms with Gasteiger partial charge in [0.2, 0.25) is 0 Å². The fourth-order valence-corrected chi connectivity index (χ4v) is 3.13. The van der Waals surface area contributed by atoms with E-state index in [-0.39, 0.29) is 0 Å². The minimum Gasteiger partial charge on any atom is -0.488 e. The summed E-state index contributed by atoms with van der Waals surface area (Å²) < 4.78 is 11.6. The molecule has 6 nitrogen and oxygen atoms in total. The summed E-state index contributed by atoms with van der Waals surface area (Å²) in [7, 11) is 0. The number of aliphatic hydroxyl groups is 1. The molecule has 0 bridgehead atoms. The van der Waals surface area contributed by atoms with Crippen molar-refractivity contribution in [3.63, 3.8) is 0 Å². The Morgan fingerprint density at radius 1 is 1.22 bits per heavy atom. The lowest BCUT2D eigenvalue weighted by Crippen LogP contribution is -2.07. The zero-order valence-corrected chi connectivity index (χ0v) is 15.8. The van der Waals surface area contributed by atoms with Gasteiger partial charge in [-0.25, -0.2) is 0 Å². The second-order valence-corrected chi connectivity index (χ2v) is 6.77. The number of fused-ring (bicyclic) bond motifs is 1. The molecule has 1 aromatic carbocycles. The van der Waals surface area contributed by atoms with Crippen LogP contribution in [0.25, 0.3) is 11.0 Å². The van der Waals surface area contributed by atoms with Gasteiger partial charge in [0, 0.05) is 27.9 Å². The third-order valence-corrected chi connectivity index (χ3v) is 4.74. The highest BCUT2D eigenvalue weighted by molar-refractivity contribution is 5.90. The molecule has 0 saturated heterocycles. The highest BCUT2D eigenvalue weighted by Gasteiger charge is 2.24. The Morgan fingerprint density at radius 2 is 1.96 bits per heavy atom. The Kier molecular flexibility index (Phi) is 5.19. The van der Waals surface area contributed by atoms with Gasteiger partial charge in [0.05, 0.1) is 23.8 Å². The van der Waals surface area contributed by atoms with Crippen molar-refractivity contribution in [3.05, 3.63) is 58.6 Å². The van der Waals surface area contributed by atoms with Crippen molar-refractivity contribution in [2.24, 2.45) is 0 Å². The minimum atomic E-state index is -0.932. The van der Waals surface area contributed by atoms with Crippen molar-refractivity contribution < 1.29 is 24.2 Å². The lowest BCUT2D eigenvalue weighted by molar-refractivity contribution is -0.138. The average Bonchev–Trinajstić information content (AvgIpc) is 3.03. The summed E-state index contributed by atoms with van der Waals surface area (Å²) in [5.74, 6) is -1.14. The van der Waals surface area contributed by atoms with E-state index < -0.39 is 18.0 Å². The number of hydrogen-bond acceptors (Lipinski definition) is 5. The summed E-state index contributed by atoms with van der Waals surface area (Å²) in [6, 6.07) is 7.42. The Hall–Kier alpha value is -2.86. The topological polar surface area (TPSA) is 92.8 Å². The fraction of sp³-hybridized carbons (Fsp3) is 0.333. The highest BCUT2D eigenvalue weighted by Crippen LogP contribution is 2.38. The molecule has 142 valence electrons. The Bertz CT molecular complexity index is 990. The number of aliphatic carboxylic acids is 1. The second-order valence-electron chi connectivity index (χ2n) is 6.77. The first-order chi connectivity index (χ1) is 12.8. The molecule has 2 atom stereocenters. The molecule has 2 aromatic heterocycles. The van der Waals surface area contributed by atoms with Crippen LogP contribution >= 0.6 is 0 Å². The number of benzene rings is 1. The number of aliphatic hydroxyl groups excluding tert-OH is 1. The molecule has 0 saturated carbocycles. The number of furan rings is 1. The normalized spacial score (nSPS) is 13.5. The van der Waals surface area contributed by atoms with Gasteiger partial charge in [0.1, 0.15) is 17.9 Å². The number of carboxylic acids is 1. The Labute approximate surface area is 157 Å². The lowest BCUT2D eigenvalue weighted by Gasteiger charge is -2.15. The molecular weight excluding hydrogens is 346 g/mol. The maximum absolute atomic E-state index is 11.3. The number of hydrogen-bond donors (Lipinski definition) is 2. The Morgan fingerprint density at radius 3 is 2.59 bits per heavy atom. The van der Waals surface area contributed by atoms with Crippen LogP contribution in [0.2, 0.25) is 0 Å². The molecule has 3 aromatic rings. The molecule has 0 aliphatic rings. The van der Waals surface area contributed by atoms with Crippen molar-refractivity contribution in [2.45, 2.75) is 46.3 Å². The molecule has 2 N–H and O–H groups in total. The second kappa shape index (κ2) is 7.40. The third kappa shape index (κ3) is 3.66. The van der Waals surface area contributed by atoms with Crippen molar-refractivity contribution in [2.75, 3.05) is 0 Å². The van der Waals surface area contributed by atoms with E-state index in [0.29, 0.717) is 34.5 Å². The van der Waals surface area contributed by atoms with E-state index in [0.717, 1.165) is 17.0 Å². The first kappa shape index (κ1) is 18.9. The number of carboxylic acid groups (broad SMARTS) is 1. The minimum absolute atomic E-state index is 0.309. The highest BCUT2D eigenvalue weighted by atomic mass is 16.5. The van der Waals surface area contributed by atoms with Crippen LogP contribution in [0, 0.1) is 13.8 Å². The molecule has 0 aliphatic carbocycles. The van der Waals surface area contributed by atoms with E-state index >= 15 is 0 Å². The van der Waals surface area contributed by atoms with Gasteiger partial charge in [-0.1, -0.05) is 6.07 Å². The van der Waals surface area contributed by atoms with Crippen molar-refractivity contribution in [3.8, 4) is 5.75 Å². The summed E-state index contributed by atoms with van der Waals surface area (Å²) in [6.45, 7) is 7.40. The van der Waals surface area contributed by atoms with Gasteiger partial charge in [-0.05, 0) is 45.9 Å². The van der Waals surface area contributed by atoms with Gasteiger partial charge in [-0.2, -0.15) is 0 Å². The molecule has 0 spiro atoms. The predicted octanol–water partition coefficient (Wildman–Crippen LogP) is 4.27. The van der Waals surface area contributed by atoms with Gasteiger partial charge in [0.25, 0.3) is 0 Å². The van der Waals surface area contributed by atoms with E-state index in [1.807, 2.05) is 26.0 Å². The van der Waals surface area contributed by atoms with Crippen molar-refractivity contribution in [1.29, 1.82) is 0 Å². The maximum Gasteiger partial charge on any atom is 0.310 e. The molecule has 0 fully saturated rings. The van der Waals surface area contributed by atoms with Crippen LogP contribution in [0.1, 0.15) is 53.9 Å². The van der Waals surface area contributed by atoms with Crippen LogP contribution in [0.15, 0.2) is 34.9 Å².